The Balaban J connectivity index is 0.00000800. The number of benzene rings is 2. The van der Waals surface area contributed by atoms with E-state index in [1.54, 1.807) is 0 Å². The van der Waals surface area contributed by atoms with Crippen molar-refractivity contribution in [2.75, 3.05) is 0 Å². The summed E-state index contributed by atoms with van der Waals surface area (Å²) in [5.41, 5.74) is 10.6. The van der Waals surface area contributed by atoms with Gasteiger partial charge in [0.1, 0.15) is 0 Å². The predicted molar refractivity (Wildman–Crippen MR) is 176 cm³/mol. The quantitative estimate of drug-likeness (QED) is 0.0834. The molecule has 0 unspecified atom stereocenters. The van der Waals surface area contributed by atoms with Crippen LogP contribution in [0.2, 0.25) is 0 Å². The molecule has 2 rings (SSSR count). The van der Waals surface area contributed by atoms with Gasteiger partial charge in [-0.05, 0) is 97.9 Å². The molecule has 0 atom stereocenters. The van der Waals surface area contributed by atoms with Crippen LogP contribution in [0, 0.1) is 0 Å². The number of hydrogen-bond donors (Lipinski definition) is 0. The molecule has 0 aromatic heterocycles. The van der Waals surface area contributed by atoms with Crippen molar-refractivity contribution in [3.63, 3.8) is 0 Å². The molecule has 0 heterocycles. The topological polar surface area (TPSA) is 24.7 Å². The molecule has 2 aromatic rings. The fourth-order valence-corrected chi connectivity index (χ4v) is 5.50. The van der Waals surface area contributed by atoms with Crippen LogP contribution < -0.4 is 0 Å². The Morgan fingerprint density at radius 1 is 0.450 bits per heavy atom. The number of unbranched alkanes of at least 4 members (excludes halogenated alkanes) is 5. The molecule has 0 aliphatic rings. The van der Waals surface area contributed by atoms with Gasteiger partial charge in [-0.25, -0.2) is 0 Å². The normalized spacial score (nSPS) is 12.1. The van der Waals surface area contributed by atoms with E-state index in [0.29, 0.717) is 0 Å². The van der Waals surface area contributed by atoms with Gasteiger partial charge in [0, 0.05) is 16.5 Å². The van der Waals surface area contributed by atoms with Crippen LogP contribution in [0.1, 0.15) is 147 Å². The van der Waals surface area contributed by atoms with Crippen molar-refractivity contribution in [2.24, 2.45) is 9.98 Å². The number of rotatable bonds is 20. The molecule has 2 nitrogen and oxygen atoms in total. The summed E-state index contributed by atoms with van der Waals surface area (Å²) in [6.45, 7) is 13.7. The summed E-state index contributed by atoms with van der Waals surface area (Å²) in [6.07, 6.45) is 20.0. The largest absolute Gasteiger partial charge is 0.252 e. The van der Waals surface area contributed by atoms with Crippen LogP contribution in [0.4, 0.5) is 11.4 Å². The minimum absolute atomic E-state index is 0. The molecule has 0 radical (unpaired) electrons. The molecule has 0 spiro atoms. The monoisotopic (exact) mass is 588 g/mol. The Kier molecular flexibility index (Phi) is 19.9. The third kappa shape index (κ3) is 12.8. The fraction of sp³-hybridized carbons (Fsp3) is 0.622. The van der Waals surface area contributed by atoms with Gasteiger partial charge < -0.3 is 0 Å². The Labute approximate surface area is 257 Å². The van der Waals surface area contributed by atoms with Crippen LogP contribution in [-0.4, -0.2) is 11.4 Å². The van der Waals surface area contributed by atoms with Crippen molar-refractivity contribution in [1.82, 2.24) is 0 Å². The van der Waals surface area contributed by atoms with Crippen molar-refractivity contribution < 1.29 is 16.5 Å². The van der Waals surface area contributed by atoms with Gasteiger partial charge in [0.15, 0.2) is 0 Å². The first kappa shape index (κ1) is 36.3. The first-order chi connectivity index (χ1) is 19.1. The first-order valence-electron chi connectivity index (χ1n) is 16.5. The van der Waals surface area contributed by atoms with E-state index in [9.17, 15) is 0 Å². The average molecular weight is 590 g/mol. The summed E-state index contributed by atoms with van der Waals surface area (Å²) in [5.74, 6) is 0. The molecule has 0 N–H and O–H groups in total. The smallest absolute Gasteiger partial charge is 0.0636 e. The summed E-state index contributed by atoms with van der Waals surface area (Å²) >= 11 is 0. The molecule has 226 valence electrons. The van der Waals surface area contributed by atoms with E-state index in [0.717, 1.165) is 49.9 Å². The summed E-state index contributed by atoms with van der Waals surface area (Å²) < 4.78 is 0. The van der Waals surface area contributed by atoms with Gasteiger partial charge in [0.2, 0.25) is 0 Å². The van der Waals surface area contributed by atoms with E-state index in [-0.39, 0.29) is 16.5 Å². The van der Waals surface area contributed by atoms with Crippen LogP contribution in [0.5, 0.6) is 0 Å². The fourth-order valence-electron chi connectivity index (χ4n) is 5.50. The van der Waals surface area contributed by atoms with Crippen molar-refractivity contribution in [3.05, 3.63) is 58.7 Å². The second-order valence-corrected chi connectivity index (χ2v) is 11.3. The molecule has 0 aliphatic heterocycles. The van der Waals surface area contributed by atoms with Crippen LogP contribution in [0.25, 0.3) is 0 Å². The van der Waals surface area contributed by atoms with Crippen LogP contribution >= 0.6 is 0 Å². The molecule has 0 amide bonds. The zero-order valence-corrected chi connectivity index (χ0v) is 27.7. The average Bonchev–Trinajstić information content (AvgIpc) is 2.93. The molecule has 0 bridgehead atoms. The van der Waals surface area contributed by atoms with Gasteiger partial charge in [-0.2, -0.15) is 0 Å². The molecule has 0 saturated heterocycles. The Morgan fingerprint density at radius 2 is 0.825 bits per heavy atom. The zero-order valence-electron chi connectivity index (χ0n) is 26.7. The summed E-state index contributed by atoms with van der Waals surface area (Å²) in [6, 6.07) is 13.9. The van der Waals surface area contributed by atoms with Gasteiger partial charge in [-0.15, -0.1) is 0 Å². The zero-order chi connectivity index (χ0) is 28.3. The number of nitrogens with zero attached hydrogens (tertiary/aromatic N) is 2. The van der Waals surface area contributed by atoms with Crippen LogP contribution in [-0.2, 0) is 42.2 Å². The van der Waals surface area contributed by atoms with Crippen molar-refractivity contribution >= 4 is 22.8 Å². The molecular weight excluding hydrogens is 531 g/mol. The standard InChI is InChI=1S/C37H58N2.Ni/c1-7-13-15-17-23-37(39-35-27-25-31(19-10-4)33(29-35)21-12-6)36(22-16-14-8-2)38-34-26-24-30(18-9-3)32(28-34)20-11-5;/h24-29H,7-23H2,1-6H3;. The molecule has 0 aliphatic carbocycles. The Hall–Kier alpha value is -1.73. The number of aliphatic imine (C=N–C) groups is 2. The van der Waals surface area contributed by atoms with Crippen molar-refractivity contribution in [3.8, 4) is 0 Å². The second-order valence-electron chi connectivity index (χ2n) is 11.3. The molecule has 0 fully saturated rings. The van der Waals surface area contributed by atoms with E-state index in [4.69, 9.17) is 9.98 Å². The first-order valence-corrected chi connectivity index (χ1v) is 16.5. The predicted octanol–water partition coefficient (Wildman–Crippen LogP) is 11.9. The maximum absolute atomic E-state index is 5.37. The van der Waals surface area contributed by atoms with E-state index < -0.39 is 0 Å². The maximum Gasteiger partial charge on any atom is 0.0636 e. The third-order valence-corrected chi connectivity index (χ3v) is 7.60. The van der Waals surface area contributed by atoms with Gasteiger partial charge in [0.25, 0.3) is 0 Å². The van der Waals surface area contributed by atoms with E-state index in [2.05, 4.69) is 77.9 Å². The SMILES string of the molecule is CCCCCCC(=Nc1ccc(CCC)c(CCC)c1)C(CCCCC)=Nc1ccc(CCC)c(CCC)c1.[Ni]. The molecule has 2 aromatic carbocycles. The van der Waals surface area contributed by atoms with Gasteiger partial charge >= 0.3 is 0 Å². The van der Waals surface area contributed by atoms with Gasteiger partial charge in [-0.3, -0.25) is 9.98 Å². The molecule has 40 heavy (non-hydrogen) atoms. The molecule has 3 heteroatoms. The maximum atomic E-state index is 5.37. The third-order valence-electron chi connectivity index (χ3n) is 7.60. The van der Waals surface area contributed by atoms with E-state index in [1.165, 1.54) is 104 Å². The molecule has 0 saturated carbocycles. The second kappa shape index (κ2) is 21.9. The summed E-state index contributed by atoms with van der Waals surface area (Å²) in [4.78, 5) is 10.7. The van der Waals surface area contributed by atoms with E-state index >= 15 is 0 Å². The number of hydrogen-bond acceptors (Lipinski definition) is 2. The minimum atomic E-state index is 0. The Bertz CT molecular complexity index is 1020. The minimum Gasteiger partial charge on any atom is -0.252 e. The van der Waals surface area contributed by atoms with Gasteiger partial charge in [-0.1, -0.05) is 111 Å². The molecular formula is C37H58N2Ni. The van der Waals surface area contributed by atoms with E-state index in [1.807, 2.05) is 0 Å². The van der Waals surface area contributed by atoms with Gasteiger partial charge in [0.05, 0.1) is 22.8 Å². The summed E-state index contributed by atoms with van der Waals surface area (Å²) in [7, 11) is 0. The van der Waals surface area contributed by atoms with Crippen molar-refractivity contribution in [1.29, 1.82) is 0 Å². The van der Waals surface area contributed by atoms with Crippen molar-refractivity contribution in [2.45, 2.75) is 151 Å². The number of aryl methyl sites for hydroxylation is 4. The van der Waals surface area contributed by atoms with Crippen LogP contribution in [0.3, 0.4) is 0 Å². The Morgan fingerprint density at radius 3 is 1.23 bits per heavy atom. The summed E-state index contributed by atoms with van der Waals surface area (Å²) in [5, 5.41) is 0. The van der Waals surface area contributed by atoms with Crippen LogP contribution in [0.15, 0.2) is 46.4 Å².